The molecule has 0 fully saturated rings. The average molecular weight is 315 g/mol. The minimum absolute atomic E-state index is 0.285. The lowest BCUT2D eigenvalue weighted by Crippen LogP contribution is -2.11. The van der Waals surface area contributed by atoms with E-state index in [-0.39, 0.29) is 18.4 Å². The molecule has 1 N–H and O–H groups in total. The summed E-state index contributed by atoms with van der Waals surface area (Å²) in [6.45, 7) is 7.28. The Bertz CT molecular complexity index is 703. The molecule has 122 valence electrons. The van der Waals surface area contributed by atoms with E-state index >= 15 is 0 Å². The Balaban J connectivity index is 2.20. The van der Waals surface area contributed by atoms with E-state index in [1.165, 1.54) is 0 Å². The molecule has 0 amide bonds. The van der Waals surface area contributed by atoms with Crippen LogP contribution >= 0.6 is 0 Å². The van der Waals surface area contributed by atoms with E-state index in [0.29, 0.717) is 16.8 Å². The van der Waals surface area contributed by atoms with E-state index in [4.69, 9.17) is 9.47 Å². The maximum Gasteiger partial charge on any atom is 0.355 e. The molecule has 0 bridgehead atoms. The predicted molar refractivity (Wildman–Crippen MR) is 86.5 cm³/mol. The second kappa shape index (κ2) is 7.13. The number of esters is 2. The molecule has 0 saturated heterocycles. The molecule has 0 aliphatic heterocycles. The summed E-state index contributed by atoms with van der Waals surface area (Å²) in [6, 6.07) is 9.48. The molecule has 1 aromatic carbocycles. The molecule has 2 aromatic rings. The number of carbonyl (C=O) groups excluding carboxylic acids is 2. The fraction of sp³-hybridized carbons (Fsp3) is 0.333. The van der Waals surface area contributed by atoms with Gasteiger partial charge < -0.3 is 14.5 Å². The fourth-order valence-corrected chi connectivity index (χ4v) is 2.48. The van der Waals surface area contributed by atoms with Crippen LogP contribution in [0.25, 0.3) is 0 Å². The summed E-state index contributed by atoms with van der Waals surface area (Å²) in [5.74, 6) is -0.925. The van der Waals surface area contributed by atoms with Gasteiger partial charge in [0.05, 0.1) is 12.2 Å². The van der Waals surface area contributed by atoms with Gasteiger partial charge in [0.2, 0.25) is 0 Å². The van der Waals surface area contributed by atoms with Crippen molar-refractivity contribution in [1.82, 2.24) is 4.98 Å². The third-order valence-corrected chi connectivity index (χ3v) is 3.67. The SMILES string of the molecule is CCOC(=O)c1c(C)[nH]c(C(=O)O[C@H](C)c2ccccc2)c1C. The maximum atomic E-state index is 12.4. The van der Waals surface area contributed by atoms with Gasteiger partial charge in [0.1, 0.15) is 11.8 Å². The Labute approximate surface area is 135 Å². The van der Waals surface area contributed by atoms with Gasteiger partial charge in [-0.1, -0.05) is 30.3 Å². The third-order valence-electron chi connectivity index (χ3n) is 3.67. The van der Waals surface area contributed by atoms with Crippen LogP contribution in [-0.2, 0) is 9.47 Å². The van der Waals surface area contributed by atoms with Gasteiger partial charge in [-0.05, 0) is 38.8 Å². The Kier molecular flexibility index (Phi) is 5.21. The molecular formula is C18H21NO4. The van der Waals surface area contributed by atoms with Gasteiger partial charge in [0, 0.05) is 5.69 Å². The largest absolute Gasteiger partial charge is 0.462 e. The van der Waals surface area contributed by atoms with Crippen LogP contribution in [0.5, 0.6) is 0 Å². The molecule has 0 unspecified atom stereocenters. The van der Waals surface area contributed by atoms with E-state index in [1.54, 1.807) is 20.8 Å². The van der Waals surface area contributed by atoms with Crippen molar-refractivity contribution in [3.8, 4) is 0 Å². The summed E-state index contributed by atoms with van der Waals surface area (Å²) in [6.07, 6.45) is -0.377. The first-order valence-electron chi connectivity index (χ1n) is 7.57. The predicted octanol–water partition coefficient (Wildman–Crippen LogP) is 3.73. The molecule has 5 heteroatoms. The van der Waals surface area contributed by atoms with E-state index in [9.17, 15) is 9.59 Å². The van der Waals surface area contributed by atoms with Crippen LogP contribution < -0.4 is 0 Å². The molecule has 0 saturated carbocycles. The van der Waals surface area contributed by atoms with Crippen molar-refractivity contribution in [2.45, 2.75) is 33.8 Å². The van der Waals surface area contributed by atoms with Gasteiger partial charge in [-0.2, -0.15) is 0 Å². The number of H-pyrrole nitrogens is 1. The molecule has 0 aliphatic carbocycles. The lowest BCUT2D eigenvalue weighted by molar-refractivity contribution is 0.0330. The Morgan fingerprint density at radius 3 is 2.39 bits per heavy atom. The molecule has 1 heterocycles. The topological polar surface area (TPSA) is 68.4 Å². The lowest BCUT2D eigenvalue weighted by atomic mass is 10.1. The minimum Gasteiger partial charge on any atom is -0.462 e. The zero-order valence-electron chi connectivity index (χ0n) is 13.8. The van der Waals surface area contributed by atoms with Crippen LogP contribution in [0.3, 0.4) is 0 Å². The van der Waals surface area contributed by atoms with Crippen molar-refractivity contribution >= 4 is 11.9 Å². The summed E-state index contributed by atoms with van der Waals surface area (Å²) < 4.78 is 10.5. The smallest absolute Gasteiger partial charge is 0.355 e. The van der Waals surface area contributed by atoms with E-state index < -0.39 is 11.9 Å². The molecule has 0 aliphatic rings. The summed E-state index contributed by atoms with van der Waals surface area (Å²) in [7, 11) is 0. The van der Waals surface area contributed by atoms with E-state index in [2.05, 4.69) is 4.98 Å². The highest BCUT2D eigenvalue weighted by Gasteiger charge is 2.24. The second-order valence-electron chi connectivity index (χ2n) is 5.30. The van der Waals surface area contributed by atoms with Crippen LogP contribution in [-0.4, -0.2) is 23.5 Å². The standard InChI is InChI=1S/C18H21NO4/c1-5-22-17(20)15-11(2)16(19-12(15)3)18(21)23-13(4)14-9-7-6-8-10-14/h6-10,13,19H,5H2,1-4H3/t13-/m1/s1. The number of aryl methyl sites for hydroxylation is 1. The minimum atomic E-state index is -0.488. The summed E-state index contributed by atoms with van der Waals surface area (Å²) >= 11 is 0. The lowest BCUT2D eigenvalue weighted by Gasteiger charge is -2.13. The van der Waals surface area contributed by atoms with E-state index in [1.807, 2.05) is 37.3 Å². The summed E-state index contributed by atoms with van der Waals surface area (Å²) in [4.78, 5) is 27.3. The Morgan fingerprint density at radius 2 is 1.78 bits per heavy atom. The zero-order chi connectivity index (χ0) is 17.0. The van der Waals surface area contributed by atoms with Gasteiger partial charge in [0.15, 0.2) is 0 Å². The van der Waals surface area contributed by atoms with Crippen LogP contribution in [0, 0.1) is 13.8 Å². The normalized spacial score (nSPS) is 11.8. The van der Waals surface area contributed by atoms with Gasteiger partial charge in [-0.25, -0.2) is 9.59 Å². The van der Waals surface area contributed by atoms with Gasteiger partial charge in [-0.15, -0.1) is 0 Å². The van der Waals surface area contributed by atoms with E-state index in [0.717, 1.165) is 5.56 Å². The van der Waals surface area contributed by atoms with Crippen molar-refractivity contribution in [3.63, 3.8) is 0 Å². The quantitative estimate of drug-likeness (QED) is 0.854. The highest BCUT2D eigenvalue weighted by atomic mass is 16.5. The van der Waals surface area contributed by atoms with Crippen LogP contribution in [0.2, 0.25) is 0 Å². The van der Waals surface area contributed by atoms with Crippen LogP contribution in [0.4, 0.5) is 0 Å². The third kappa shape index (κ3) is 3.62. The molecule has 23 heavy (non-hydrogen) atoms. The number of aromatic amines is 1. The summed E-state index contributed by atoms with van der Waals surface area (Å²) in [5, 5.41) is 0. The van der Waals surface area contributed by atoms with Crippen LogP contribution in [0.15, 0.2) is 30.3 Å². The van der Waals surface area contributed by atoms with Crippen molar-refractivity contribution in [2.24, 2.45) is 0 Å². The molecular weight excluding hydrogens is 294 g/mol. The van der Waals surface area contributed by atoms with Gasteiger partial charge >= 0.3 is 11.9 Å². The number of hydrogen-bond acceptors (Lipinski definition) is 4. The zero-order valence-corrected chi connectivity index (χ0v) is 13.8. The average Bonchev–Trinajstić information content (AvgIpc) is 2.83. The monoisotopic (exact) mass is 315 g/mol. The first-order valence-corrected chi connectivity index (χ1v) is 7.57. The highest BCUT2D eigenvalue weighted by Crippen LogP contribution is 2.23. The number of hydrogen-bond donors (Lipinski definition) is 1. The number of nitrogens with one attached hydrogen (secondary N) is 1. The Morgan fingerprint density at radius 1 is 1.13 bits per heavy atom. The number of carbonyl (C=O) groups is 2. The molecule has 0 radical (unpaired) electrons. The first-order chi connectivity index (χ1) is 11.0. The molecule has 2 rings (SSSR count). The number of aromatic nitrogens is 1. The molecule has 5 nitrogen and oxygen atoms in total. The van der Waals surface area contributed by atoms with Crippen LogP contribution in [0.1, 0.15) is 57.6 Å². The number of rotatable bonds is 5. The van der Waals surface area contributed by atoms with Crippen molar-refractivity contribution in [1.29, 1.82) is 0 Å². The summed E-state index contributed by atoms with van der Waals surface area (Å²) in [5.41, 5.74) is 2.73. The van der Waals surface area contributed by atoms with Crippen molar-refractivity contribution in [2.75, 3.05) is 6.61 Å². The highest BCUT2D eigenvalue weighted by molar-refractivity contribution is 5.98. The number of benzene rings is 1. The number of ether oxygens (including phenoxy) is 2. The molecule has 0 spiro atoms. The maximum absolute atomic E-state index is 12.4. The Hall–Kier alpha value is -2.56. The fourth-order valence-electron chi connectivity index (χ4n) is 2.48. The van der Waals surface area contributed by atoms with Gasteiger partial charge in [-0.3, -0.25) is 0 Å². The first kappa shape index (κ1) is 16.8. The second-order valence-corrected chi connectivity index (χ2v) is 5.30. The van der Waals surface area contributed by atoms with Crippen molar-refractivity contribution in [3.05, 3.63) is 58.4 Å². The van der Waals surface area contributed by atoms with Crippen molar-refractivity contribution < 1.29 is 19.1 Å². The van der Waals surface area contributed by atoms with Gasteiger partial charge in [0.25, 0.3) is 0 Å². The molecule has 1 atom stereocenters. The molecule has 1 aromatic heterocycles.